The van der Waals surface area contributed by atoms with Crippen molar-refractivity contribution in [1.82, 2.24) is 20.9 Å². The van der Waals surface area contributed by atoms with Gasteiger partial charge in [-0.1, -0.05) is 18.2 Å². The molecule has 33 heavy (non-hydrogen) atoms. The molecule has 3 N–H and O–H groups in total. The zero-order chi connectivity index (χ0) is 23.2. The number of para-hydroxylation sites is 1. The van der Waals surface area contributed by atoms with Crippen LogP contribution in [-0.4, -0.2) is 40.1 Å². The van der Waals surface area contributed by atoms with Gasteiger partial charge in [0, 0.05) is 41.7 Å². The van der Waals surface area contributed by atoms with Gasteiger partial charge in [0.25, 0.3) is 5.91 Å². The summed E-state index contributed by atoms with van der Waals surface area (Å²) in [4.78, 5) is 28.6. The van der Waals surface area contributed by atoms with Gasteiger partial charge in [-0.3, -0.25) is 25.2 Å². The Labute approximate surface area is 192 Å². The van der Waals surface area contributed by atoms with Crippen LogP contribution in [0, 0.1) is 12.8 Å². The van der Waals surface area contributed by atoms with Crippen molar-refractivity contribution < 1.29 is 19.5 Å². The normalized spacial score (nSPS) is 16.4. The molecule has 0 unspecified atom stereocenters. The zero-order valence-electron chi connectivity index (χ0n) is 18.6. The number of nitrogens with one attached hydrogen (secondary N) is 2. The molecule has 1 aliphatic heterocycles. The molecule has 4 rings (SSSR count). The molecule has 0 radical (unpaired) electrons. The summed E-state index contributed by atoms with van der Waals surface area (Å²) >= 11 is 0. The molecule has 3 aromatic rings. The molecular weight excluding hydrogens is 420 g/mol. The van der Waals surface area contributed by atoms with E-state index in [1.54, 1.807) is 29.7 Å². The first kappa shape index (κ1) is 22.7. The van der Waals surface area contributed by atoms with Crippen LogP contribution in [-0.2, 0) is 11.4 Å². The van der Waals surface area contributed by atoms with E-state index in [0.29, 0.717) is 24.5 Å². The van der Waals surface area contributed by atoms with E-state index in [4.69, 9.17) is 9.94 Å². The Balaban J connectivity index is 1.34. The maximum Gasteiger partial charge on any atom is 0.265 e. The number of pyridine rings is 1. The van der Waals surface area contributed by atoms with Gasteiger partial charge in [-0.25, -0.2) is 10.5 Å². The number of aromatic nitrogens is 1. The molecule has 0 bridgehead atoms. The highest BCUT2D eigenvalue weighted by Crippen LogP contribution is 2.22. The number of hydrogen-bond acceptors (Lipinski definition) is 6. The molecule has 2 amide bonds. The van der Waals surface area contributed by atoms with Crippen molar-refractivity contribution in [3.63, 3.8) is 0 Å². The van der Waals surface area contributed by atoms with E-state index in [9.17, 15) is 9.59 Å². The summed E-state index contributed by atoms with van der Waals surface area (Å²) < 4.78 is 5.97. The highest BCUT2D eigenvalue weighted by Gasteiger charge is 2.23. The minimum atomic E-state index is -0.404. The molecule has 2 heterocycles. The van der Waals surface area contributed by atoms with Gasteiger partial charge in [0.05, 0.1) is 5.52 Å². The Morgan fingerprint density at radius 1 is 1.18 bits per heavy atom. The molecule has 8 heteroatoms. The van der Waals surface area contributed by atoms with Crippen molar-refractivity contribution >= 4 is 22.7 Å². The number of hydrazine groups is 1. The molecule has 0 spiro atoms. The van der Waals surface area contributed by atoms with Crippen LogP contribution >= 0.6 is 0 Å². The number of aryl methyl sites for hydroxylation is 1. The predicted molar refractivity (Wildman–Crippen MR) is 124 cm³/mol. The van der Waals surface area contributed by atoms with Gasteiger partial charge in [-0.05, 0) is 62.1 Å². The second kappa shape index (κ2) is 10.4. The Morgan fingerprint density at radius 2 is 1.97 bits per heavy atom. The van der Waals surface area contributed by atoms with Crippen molar-refractivity contribution in [2.45, 2.75) is 32.8 Å². The van der Waals surface area contributed by atoms with Crippen LogP contribution in [0.15, 0.2) is 54.6 Å². The fraction of sp³-hybridized carbons (Fsp3) is 0.320. The lowest BCUT2D eigenvalue weighted by Crippen LogP contribution is -2.48. The summed E-state index contributed by atoms with van der Waals surface area (Å²) in [7, 11) is 0. The lowest BCUT2D eigenvalue weighted by molar-refractivity contribution is -0.130. The summed E-state index contributed by atoms with van der Waals surface area (Å²) in [6, 6.07) is 17.1. The summed E-state index contributed by atoms with van der Waals surface area (Å²) in [6.07, 6.45) is 2.00. The zero-order valence-corrected chi connectivity index (χ0v) is 18.6. The van der Waals surface area contributed by atoms with Crippen LogP contribution in [0.3, 0.4) is 0 Å². The minimum absolute atomic E-state index is 0.0925. The standard InChI is InChI=1S/C25H28N4O4/c1-17-13-20(22-6-2-3-7-23(22)26-17)16-33-21-10-8-19(9-11-21)25(31)27-29-12-4-5-18(15-29)14-24(30)28-32/h2-3,6-11,13,18,32H,4-5,12,14-16H2,1H3,(H,27,31)(H,28,30)/t18-/m0/s1. The summed E-state index contributed by atoms with van der Waals surface area (Å²) in [5, 5.41) is 11.6. The average Bonchev–Trinajstić information content (AvgIpc) is 2.83. The van der Waals surface area contributed by atoms with Crippen molar-refractivity contribution in [1.29, 1.82) is 0 Å². The topological polar surface area (TPSA) is 104 Å². The SMILES string of the molecule is Cc1cc(COc2ccc(C(=O)NN3CCC[C@@H](CC(=O)NO)C3)cc2)c2ccccc2n1. The van der Waals surface area contributed by atoms with Crippen molar-refractivity contribution in [3.05, 3.63) is 71.4 Å². The molecule has 0 saturated carbocycles. The monoisotopic (exact) mass is 448 g/mol. The maximum absolute atomic E-state index is 12.7. The number of hydrogen-bond donors (Lipinski definition) is 3. The Kier molecular flexibility index (Phi) is 7.16. The average molecular weight is 449 g/mol. The number of hydroxylamine groups is 1. The molecule has 1 atom stereocenters. The molecule has 8 nitrogen and oxygen atoms in total. The van der Waals surface area contributed by atoms with Gasteiger partial charge in [-0.15, -0.1) is 0 Å². The van der Waals surface area contributed by atoms with E-state index in [1.807, 2.05) is 42.3 Å². The summed E-state index contributed by atoms with van der Waals surface area (Å²) in [6.45, 7) is 3.67. The third kappa shape index (κ3) is 5.85. The number of ether oxygens (including phenoxy) is 1. The Morgan fingerprint density at radius 3 is 2.76 bits per heavy atom. The largest absolute Gasteiger partial charge is 0.489 e. The van der Waals surface area contributed by atoms with Gasteiger partial charge in [0.2, 0.25) is 5.91 Å². The van der Waals surface area contributed by atoms with Crippen LogP contribution in [0.1, 0.15) is 40.9 Å². The van der Waals surface area contributed by atoms with Crippen LogP contribution < -0.4 is 15.6 Å². The molecular formula is C25H28N4O4. The van der Waals surface area contributed by atoms with Crippen LogP contribution in [0.25, 0.3) is 10.9 Å². The first-order chi connectivity index (χ1) is 16.0. The fourth-order valence-electron chi connectivity index (χ4n) is 4.23. The minimum Gasteiger partial charge on any atom is -0.489 e. The number of rotatable bonds is 7. The number of benzene rings is 2. The molecule has 1 aliphatic rings. The van der Waals surface area contributed by atoms with Gasteiger partial charge >= 0.3 is 0 Å². The number of carbonyl (C=O) groups is 2. The number of nitrogens with zero attached hydrogens (tertiary/aromatic N) is 2. The lowest BCUT2D eigenvalue weighted by Gasteiger charge is -2.32. The van der Waals surface area contributed by atoms with E-state index in [2.05, 4.69) is 10.4 Å². The number of carbonyl (C=O) groups excluding carboxylic acids is 2. The second-order valence-electron chi connectivity index (χ2n) is 8.39. The van der Waals surface area contributed by atoms with E-state index < -0.39 is 5.91 Å². The van der Waals surface area contributed by atoms with Crippen molar-refractivity contribution in [2.24, 2.45) is 5.92 Å². The maximum atomic E-state index is 12.7. The molecule has 0 aliphatic carbocycles. The Bertz CT molecular complexity index is 1130. The van der Waals surface area contributed by atoms with E-state index >= 15 is 0 Å². The third-order valence-corrected chi connectivity index (χ3v) is 5.82. The second-order valence-corrected chi connectivity index (χ2v) is 8.39. The van der Waals surface area contributed by atoms with Crippen molar-refractivity contribution in [3.8, 4) is 5.75 Å². The summed E-state index contributed by atoms with van der Waals surface area (Å²) in [5.41, 5.74) is 8.06. The Hall–Kier alpha value is -3.49. The van der Waals surface area contributed by atoms with E-state index in [0.717, 1.165) is 41.5 Å². The number of piperidine rings is 1. The quantitative estimate of drug-likeness (QED) is 0.378. The molecule has 1 fully saturated rings. The molecule has 1 saturated heterocycles. The van der Waals surface area contributed by atoms with Crippen LogP contribution in [0.4, 0.5) is 0 Å². The molecule has 172 valence electrons. The fourth-order valence-corrected chi connectivity index (χ4v) is 4.23. The highest BCUT2D eigenvalue weighted by molar-refractivity contribution is 5.94. The van der Waals surface area contributed by atoms with Gasteiger partial charge < -0.3 is 4.74 Å². The highest BCUT2D eigenvalue weighted by atomic mass is 16.5. The van der Waals surface area contributed by atoms with Crippen molar-refractivity contribution in [2.75, 3.05) is 13.1 Å². The molecule has 1 aromatic heterocycles. The van der Waals surface area contributed by atoms with Gasteiger partial charge in [0.15, 0.2) is 0 Å². The smallest absolute Gasteiger partial charge is 0.265 e. The lowest BCUT2D eigenvalue weighted by atomic mass is 9.95. The van der Waals surface area contributed by atoms with E-state index in [1.165, 1.54) is 0 Å². The van der Waals surface area contributed by atoms with E-state index in [-0.39, 0.29) is 18.2 Å². The first-order valence-electron chi connectivity index (χ1n) is 11.1. The van der Waals surface area contributed by atoms with Gasteiger partial charge in [0.1, 0.15) is 12.4 Å². The third-order valence-electron chi connectivity index (χ3n) is 5.82. The number of amides is 2. The predicted octanol–water partition coefficient (Wildman–Crippen LogP) is 3.37. The van der Waals surface area contributed by atoms with Crippen LogP contribution in [0.2, 0.25) is 0 Å². The summed E-state index contributed by atoms with van der Waals surface area (Å²) in [5.74, 6) is 0.163. The van der Waals surface area contributed by atoms with Crippen LogP contribution in [0.5, 0.6) is 5.75 Å². The first-order valence-corrected chi connectivity index (χ1v) is 11.1. The number of fused-ring (bicyclic) bond motifs is 1. The molecule has 2 aromatic carbocycles. The van der Waals surface area contributed by atoms with Gasteiger partial charge in [-0.2, -0.15) is 0 Å².